The summed E-state index contributed by atoms with van der Waals surface area (Å²) in [6, 6.07) is 1.86. The second-order valence-electron chi connectivity index (χ2n) is 7.14. The van der Waals surface area contributed by atoms with E-state index in [1.807, 2.05) is 13.0 Å². The molecule has 1 atom stereocenters. The first-order valence-electron chi connectivity index (χ1n) is 8.86. The first-order valence-corrected chi connectivity index (χ1v) is 8.86. The van der Waals surface area contributed by atoms with E-state index < -0.39 is 6.10 Å². The van der Waals surface area contributed by atoms with Gasteiger partial charge in [-0.2, -0.15) is 0 Å². The van der Waals surface area contributed by atoms with Crippen LogP contribution in [-0.4, -0.2) is 33.8 Å². The molecule has 1 unspecified atom stereocenters. The summed E-state index contributed by atoms with van der Waals surface area (Å²) in [5.41, 5.74) is 2.55. The Labute approximate surface area is 140 Å². The number of aryl methyl sites for hydroxylation is 1. The van der Waals surface area contributed by atoms with Gasteiger partial charge in [0.05, 0.1) is 22.7 Å². The molecule has 6 heteroatoms. The van der Waals surface area contributed by atoms with E-state index >= 15 is 0 Å². The molecule has 0 aliphatic heterocycles. The largest absolute Gasteiger partial charge is 0.391 e. The van der Waals surface area contributed by atoms with E-state index in [0.717, 1.165) is 31.4 Å². The molecule has 2 aliphatic rings. The Hall–Kier alpha value is -1.95. The highest BCUT2D eigenvalue weighted by Crippen LogP contribution is 2.40. The number of nitrogens with zero attached hydrogens (tertiary/aromatic N) is 2. The maximum Gasteiger partial charge on any atom is 0.259 e. The van der Waals surface area contributed by atoms with Crippen molar-refractivity contribution in [2.75, 3.05) is 6.54 Å². The Balaban J connectivity index is 1.55. The summed E-state index contributed by atoms with van der Waals surface area (Å²) >= 11 is 0. The first-order chi connectivity index (χ1) is 11.6. The third-order valence-corrected chi connectivity index (χ3v) is 5.29. The van der Waals surface area contributed by atoms with Gasteiger partial charge in [0.15, 0.2) is 0 Å². The van der Waals surface area contributed by atoms with Crippen LogP contribution in [0.4, 0.5) is 0 Å². The SMILES string of the molecule is Cc1noc2nc(C3CC3)cc(C(=O)NCC(O)C3CCCC3)c12. The van der Waals surface area contributed by atoms with Crippen molar-refractivity contribution in [2.45, 2.75) is 57.5 Å². The number of carbonyl (C=O) groups is 1. The molecular weight excluding hydrogens is 306 g/mol. The third-order valence-electron chi connectivity index (χ3n) is 5.29. The molecular formula is C18H23N3O3. The van der Waals surface area contributed by atoms with Crippen LogP contribution >= 0.6 is 0 Å². The summed E-state index contributed by atoms with van der Waals surface area (Å²) in [7, 11) is 0. The fraction of sp³-hybridized carbons (Fsp3) is 0.611. The van der Waals surface area contributed by atoms with Crippen LogP contribution in [0.15, 0.2) is 10.6 Å². The highest BCUT2D eigenvalue weighted by atomic mass is 16.5. The lowest BCUT2D eigenvalue weighted by molar-refractivity contribution is 0.0842. The van der Waals surface area contributed by atoms with Crippen LogP contribution in [0.3, 0.4) is 0 Å². The van der Waals surface area contributed by atoms with Gasteiger partial charge >= 0.3 is 0 Å². The lowest BCUT2D eigenvalue weighted by Crippen LogP contribution is -2.35. The van der Waals surface area contributed by atoms with Crippen LogP contribution in [0.5, 0.6) is 0 Å². The Morgan fingerprint density at radius 1 is 1.38 bits per heavy atom. The summed E-state index contributed by atoms with van der Waals surface area (Å²) in [6.07, 6.45) is 6.18. The van der Waals surface area contributed by atoms with Crippen LogP contribution in [0.2, 0.25) is 0 Å². The quantitative estimate of drug-likeness (QED) is 0.880. The fourth-order valence-electron chi connectivity index (χ4n) is 3.68. The fourth-order valence-corrected chi connectivity index (χ4v) is 3.68. The van der Waals surface area contributed by atoms with E-state index in [1.54, 1.807) is 0 Å². The molecule has 2 aromatic heterocycles. The molecule has 2 aromatic rings. The highest BCUT2D eigenvalue weighted by Gasteiger charge is 2.29. The van der Waals surface area contributed by atoms with Gasteiger partial charge in [-0.15, -0.1) is 0 Å². The maximum atomic E-state index is 12.7. The number of hydrogen-bond acceptors (Lipinski definition) is 5. The molecule has 0 radical (unpaired) electrons. The molecule has 0 aromatic carbocycles. The number of carbonyl (C=O) groups excluding carboxylic acids is 1. The average Bonchev–Trinajstić information content (AvgIpc) is 3.16. The Morgan fingerprint density at radius 3 is 2.83 bits per heavy atom. The molecule has 2 aliphatic carbocycles. The zero-order chi connectivity index (χ0) is 16.7. The average molecular weight is 329 g/mol. The molecule has 0 saturated heterocycles. The van der Waals surface area contributed by atoms with E-state index in [0.29, 0.717) is 34.2 Å². The van der Waals surface area contributed by atoms with E-state index in [-0.39, 0.29) is 12.5 Å². The molecule has 128 valence electrons. The summed E-state index contributed by atoms with van der Waals surface area (Å²) in [6.45, 7) is 2.10. The van der Waals surface area contributed by atoms with Gasteiger partial charge in [-0.1, -0.05) is 18.0 Å². The van der Waals surface area contributed by atoms with Gasteiger partial charge in [-0.05, 0) is 44.6 Å². The normalized spacial score (nSPS) is 19.8. The zero-order valence-electron chi connectivity index (χ0n) is 13.9. The highest BCUT2D eigenvalue weighted by molar-refractivity contribution is 6.06. The smallest absolute Gasteiger partial charge is 0.259 e. The van der Waals surface area contributed by atoms with Crippen molar-refractivity contribution in [2.24, 2.45) is 5.92 Å². The van der Waals surface area contributed by atoms with Gasteiger partial charge in [-0.25, -0.2) is 4.98 Å². The van der Waals surface area contributed by atoms with Gasteiger partial charge in [-0.3, -0.25) is 4.79 Å². The standard InChI is InChI=1S/C18H23N3O3/c1-10-16-13(8-14(11-6-7-11)20-18(16)24-21-10)17(23)19-9-15(22)12-4-2-3-5-12/h8,11-12,15,22H,2-7,9H2,1H3,(H,19,23). The molecule has 1 amide bonds. The summed E-state index contributed by atoms with van der Waals surface area (Å²) in [5, 5.41) is 17.8. The van der Waals surface area contributed by atoms with Gasteiger partial charge < -0.3 is 14.9 Å². The van der Waals surface area contributed by atoms with E-state index in [2.05, 4.69) is 15.5 Å². The van der Waals surface area contributed by atoms with Crippen molar-refractivity contribution < 1.29 is 14.4 Å². The number of amides is 1. The molecule has 6 nitrogen and oxygen atoms in total. The number of pyridine rings is 1. The minimum atomic E-state index is -0.472. The Kier molecular flexibility index (Phi) is 4.00. The minimum Gasteiger partial charge on any atom is -0.391 e. The number of aliphatic hydroxyl groups excluding tert-OH is 1. The van der Waals surface area contributed by atoms with Gasteiger partial charge in [0.1, 0.15) is 0 Å². The monoisotopic (exact) mass is 329 g/mol. The third kappa shape index (κ3) is 2.90. The number of rotatable bonds is 5. The van der Waals surface area contributed by atoms with Crippen molar-refractivity contribution in [1.29, 1.82) is 0 Å². The van der Waals surface area contributed by atoms with Crippen LogP contribution in [0, 0.1) is 12.8 Å². The molecule has 4 rings (SSSR count). The summed E-state index contributed by atoms with van der Waals surface area (Å²) in [5.74, 6) is 0.546. The molecule has 0 spiro atoms. The first kappa shape index (κ1) is 15.6. The minimum absolute atomic E-state index is 0.187. The molecule has 24 heavy (non-hydrogen) atoms. The number of nitrogens with one attached hydrogen (secondary N) is 1. The second-order valence-corrected chi connectivity index (χ2v) is 7.14. The molecule has 2 saturated carbocycles. The lowest BCUT2D eigenvalue weighted by Gasteiger charge is -2.18. The van der Waals surface area contributed by atoms with E-state index in [4.69, 9.17) is 4.52 Å². The zero-order valence-corrected chi connectivity index (χ0v) is 13.9. The molecule has 2 heterocycles. The number of hydrogen-bond donors (Lipinski definition) is 2. The predicted octanol–water partition coefficient (Wildman–Crippen LogP) is 2.69. The van der Waals surface area contributed by atoms with Crippen LogP contribution < -0.4 is 5.32 Å². The van der Waals surface area contributed by atoms with E-state index in [9.17, 15) is 9.90 Å². The van der Waals surface area contributed by atoms with Crippen LogP contribution in [0.1, 0.15) is 66.2 Å². The van der Waals surface area contributed by atoms with Crippen molar-refractivity contribution in [3.8, 4) is 0 Å². The van der Waals surface area contributed by atoms with Crippen LogP contribution in [-0.2, 0) is 0 Å². The maximum absolute atomic E-state index is 12.7. The van der Waals surface area contributed by atoms with E-state index in [1.165, 1.54) is 12.8 Å². The van der Waals surface area contributed by atoms with Gasteiger partial charge in [0.25, 0.3) is 11.6 Å². The topological polar surface area (TPSA) is 88.2 Å². The van der Waals surface area contributed by atoms with Crippen LogP contribution in [0.25, 0.3) is 11.1 Å². The predicted molar refractivity (Wildman–Crippen MR) is 88.8 cm³/mol. The Bertz CT molecular complexity index is 760. The lowest BCUT2D eigenvalue weighted by atomic mass is 10.0. The van der Waals surface area contributed by atoms with Crippen molar-refractivity contribution >= 4 is 17.0 Å². The van der Waals surface area contributed by atoms with Gasteiger partial charge in [0, 0.05) is 18.2 Å². The summed E-state index contributed by atoms with van der Waals surface area (Å²) < 4.78 is 5.27. The van der Waals surface area contributed by atoms with Crippen molar-refractivity contribution in [3.63, 3.8) is 0 Å². The van der Waals surface area contributed by atoms with Crippen molar-refractivity contribution in [3.05, 3.63) is 23.0 Å². The number of aromatic nitrogens is 2. The number of aliphatic hydroxyl groups is 1. The summed E-state index contributed by atoms with van der Waals surface area (Å²) in [4.78, 5) is 17.2. The number of fused-ring (bicyclic) bond motifs is 1. The molecule has 2 N–H and O–H groups in total. The molecule has 2 fully saturated rings. The second kappa shape index (κ2) is 6.16. The molecule has 0 bridgehead atoms. The van der Waals surface area contributed by atoms with Crippen molar-refractivity contribution in [1.82, 2.24) is 15.5 Å². The van der Waals surface area contributed by atoms with Gasteiger partial charge in [0.2, 0.25) is 0 Å². The Morgan fingerprint density at radius 2 is 2.12 bits per heavy atom.